The van der Waals surface area contributed by atoms with E-state index in [1.54, 1.807) is 0 Å². The number of hydrogen-bond acceptors (Lipinski definition) is 13. The molecule has 12 atom stereocenters. The molecule has 1 amide bonds. The molecule has 2 saturated heterocycles. The van der Waals surface area contributed by atoms with E-state index in [1.165, 1.54) is 116 Å². The number of nitrogens with one attached hydrogen (secondary N) is 1. The van der Waals surface area contributed by atoms with Gasteiger partial charge in [-0.25, -0.2) is 0 Å². The first-order valence-corrected chi connectivity index (χ1v) is 32.8. The van der Waals surface area contributed by atoms with Crippen LogP contribution < -0.4 is 5.32 Å². The van der Waals surface area contributed by atoms with E-state index in [0.717, 1.165) is 103 Å². The van der Waals surface area contributed by atoms with E-state index in [0.29, 0.717) is 12.8 Å². The van der Waals surface area contributed by atoms with Gasteiger partial charge in [-0.2, -0.15) is 0 Å². The van der Waals surface area contributed by atoms with Gasteiger partial charge in [0.15, 0.2) is 12.6 Å². The van der Waals surface area contributed by atoms with Gasteiger partial charge in [0.1, 0.15) is 48.8 Å². The number of allylic oxidation sites excluding steroid dienone is 14. The van der Waals surface area contributed by atoms with Crippen molar-refractivity contribution >= 4 is 5.91 Å². The largest absolute Gasteiger partial charge is 0.394 e. The lowest BCUT2D eigenvalue weighted by Gasteiger charge is -2.46. The highest BCUT2D eigenvalue weighted by Crippen LogP contribution is 2.30. The average Bonchev–Trinajstić information content (AvgIpc) is 3.65. The summed E-state index contributed by atoms with van der Waals surface area (Å²) in [5.74, 6) is -0.211. The van der Waals surface area contributed by atoms with Gasteiger partial charge in [-0.3, -0.25) is 4.79 Å². The van der Waals surface area contributed by atoms with E-state index in [-0.39, 0.29) is 12.5 Å². The first-order chi connectivity index (χ1) is 40.1. The maximum Gasteiger partial charge on any atom is 0.220 e. The summed E-state index contributed by atoms with van der Waals surface area (Å²) in [5, 5.41) is 86.9. The standard InChI is InChI=1S/C68H119NO13/c1-3-5-7-9-11-12-13-14-15-16-17-18-19-20-21-22-23-24-25-26-27-28-29-30-31-32-33-34-35-36-37-38-39-40-41-42-43-44-46-48-50-52-60(73)69-56(57(72)51-49-47-45-10-8-6-4-2)55-79-67-65(78)63(76)66(59(54-71)81-67)82-68-64(77)62(75)61(74)58(53-70)80-68/h5,7,11-12,14-15,17-18,20-21,23-24,26-27,56-59,61-68,70-72,74-78H,3-4,6,8-10,13,16,19,22,25,28-55H2,1-2H3,(H,69,73)/b7-5-,12-11-,15-14-,18-17-,21-20-,24-23-,27-26-. The maximum atomic E-state index is 13.2. The lowest BCUT2D eigenvalue weighted by atomic mass is 9.97. The molecule has 14 heteroatoms. The van der Waals surface area contributed by atoms with Crippen molar-refractivity contribution in [3.05, 3.63) is 85.1 Å². The van der Waals surface area contributed by atoms with Crippen molar-refractivity contribution in [1.82, 2.24) is 5.32 Å². The highest BCUT2D eigenvalue weighted by Gasteiger charge is 2.51. The predicted octanol–water partition coefficient (Wildman–Crippen LogP) is 12.4. The van der Waals surface area contributed by atoms with Crippen molar-refractivity contribution in [2.24, 2.45) is 0 Å². The zero-order valence-corrected chi connectivity index (χ0v) is 51.2. The minimum Gasteiger partial charge on any atom is -0.394 e. The molecule has 2 aliphatic rings. The molecule has 474 valence electrons. The Balaban J connectivity index is 1.50. The van der Waals surface area contributed by atoms with Crippen molar-refractivity contribution in [2.75, 3.05) is 19.8 Å². The molecule has 82 heavy (non-hydrogen) atoms. The van der Waals surface area contributed by atoms with Crippen LogP contribution in [0.15, 0.2) is 85.1 Å². The second kappa shape index (κ2) is 52.5. The van der Waals surface area contributed by atoms with E-state index < -0.39 is 86.8 Å². The molecule has 0 aliphatic carbocycles. The fourth-order valence-electron chi connectivity index (χ4n) is 10.4. The Labute approximate surface area is 497 Å². The fourth-order valence-corrected chi connectivity index (χ4v) is 10.4. The van der Waals surface area contributed by atoms with E-state index in [2.05, 4.69) is 104 Å². The van der Waals surface area contributed by atoms with Crippen LogP contribution in [-0.4, -0.2) is 140 Å². The van der Waals surface area contributed by atoms with E-state index in [9.17, 15) is 45.6 Å². The van der Waals surface area contributed by atoms with Gasteiger partial charge in [0.05, 0.1) is 32.0 Å². The molecule has 9 N–H and O–H groups in total. The van der Waals surface area contributed by atoms with Crippen LogP contribution in [0.2, 0.25) is 0 Å². The van der Waals surface area contributed by atoms with Crippen LogP contribution in [0.25, 0.3) is 0 Å². The second-order valence-corrected chi connectivity index (χ2v) is 22.9. The third kappa shape index (κ3) is 36.9. The number of aliphatic hydroxyl groups excluding tert-OH is 8. The Morgan fingerprint density at radius 3 is 1.29 bits per heavy atom. The molecule has 2 fully saturated rings. The van der Waals surface area contributed by atoms with Gasteiger partial charge in [-0.05, 0) is 70.6 Å². The molecule has 0 radical (unpaired) electrons. The Kier molecular flexibility index (Phi) is 48.2. The van der Waals surface area contributed by atoms with Crippen molar-refractivity contribution < 1.29 is 64.6 Å². The van der Waals surface area contributed by atoms with Crippen molar-refractivity contribution in [1.29, 1.82) is 0 Å². The number of rotatable bonds is 52. The van der Waals surface area contributed by atoms with Gasteiger partial charge in [0.2, 0.25) is 5.91 Å². The van der Waals surface area contributed by atoms with Crippen molar-refractivity contribution in [2.45, 2.75) is 319 Å². The van der Waals surface area contributed by atoms with Crippen LogP contribution in [-0.2, 0) is 23.7 Å². The van der Waals surface area contributed by atoms with Gasteiger partial charge in [0, 0.05) is 6.42 Å². The fraction of sp³-hybridized carbons (Fsp3) is 0.779. The van der Waals surface area contributed by atoms with Gasteiger partial charge in [-0.15, -0.1) is 0 Å². The SMILES string of the molecule is CC/C=C\C/C=C\C/C=C\C/C=C\C/C=C\C/C=C\C/C=C\CCCCCCCCCCCCCCCCCCCCCC(=O)NC(COC1OC(CO)C(OC2OC(CO)C(O)C(O)C2O)C(O)C1O)C(O)CCCCCCCCC. The number of unbranched alkanes of at least 4 members (excludes halogenated alkanes) is 25. The Bertz CT molecular complexity index is 1700. The topological polar surface area (TPSA) is 228 Å². The summed E-state index contributed by atoms with van der Waals surface area (Å²) in [6.07, 6.45) is 55.2. The third-order valence-corrected chi connectivity index (χ3v) is 15.6. The second-order valence-electron chi connectivity index (χ2n) is 22.9. The monoisotopic (exact) mass is 1160 g/mol. The maximum absolute atomic E-state index is 13.2. The number of aliphatic hydroxyl groups is 8. The van der Waals surface area contributed by atoms with Crippen LogP contribution >= 0.6 is 0 Å². The summed E-state index contributed by atoms with van der Waals surface area (Å²) in [6, 6.07) is -0.827. The molecule has 12 unspecified atom stereocenters. The smallest absolute Gasteiger partial charge is 0.220 e. The highest BCUT2D eigenvalue weighted by molar-refractivity contribution is 5.76. The molecule has 14 nitrogen and oxygen atoms in total. The predicted molar refractivity (Wildman–Crippen MR) is 332 cm³/mol. The molecule has 2 aliphatic heterocycles. The first kappa shape index (κ1) is 75.3. The Hall–Kier alpha value is -2.83. The molecule has 0 aromatic rings. The third-order valence-electron chi connectivity index (χ3n) is 15.6. The molecular formula is C68H119NO13. The van der Waals surface area contributed by atoms with E-state index >= 15 is 0 Å². The number of amides is 1. The molecule has 0 saturated carbocycles. The van der Waals surface area contributed by atoms with Crippen LogP contribution in [0.3, 0.4) is 0 Å². The number of carbonyl (C=O) groups is 1. The number of hydrogen-bond donors (Lipinski definition) is 9. The quantitative estimate of drug-likeness (QED) is 0.0204. The summed E-state index contributed by atoms with van der Waals surface area (Å²) in [7, 11) is 0. The normalized spacial score (nSPS) is 24.5. The van der Waals surface area contributed by atoms with Crippen molar-refractivity contribution in [3.63, 3.8) is 0 Å². The molecular weight excluding hydrogens is 1040 g/mol. The Morgan fingerprint density at radius 1 is 0.451 bits per heavy atom. The zero-order valence-electron chi connectivity index (χ0n) is 51.2. The Morgan fingerprint density at radius 2 is 0.841 bits per heavy atom. The van der Waals surface area contributed by atoms with E-state index in [1.807, 2.05) is 0 Å². The van der Waals surface area contributed by atoms with Gasteiger partial charge in [0.25, 0.3) is 0 Å². The van der Waals surface area contributed by atoms with Crippen LogP contribution in [0.4, 0.5) is 0 Å². The van der Waals surface area contributed by atoms with Crippen LogP contribution in [0.1, 0.15) is 245 Å². The van der Waals surface area contributed by atoms with Gasteiger partial charge >= 0.3 is 0 Å². The van der Waals surface area contributed by atoms with Gasteiger partial charge in [-0.1, -0.05) is 253 Å². The molecule has 2 rings (SSSR count). The minimum absolute atomic E-state index is 0.211. The summed E-state index contributed by atoms with van der Waals surface area (Å²) in [6.45, 7) is 2.68. The molecule has 0 aromatic carbocycles. The molecule has 2 heterocycles. The summed E-state index contributed by atoms with van der Waals surface area (Å²) >= 11 is 0. The number of ether oxygens (including phenoxy) is 4. The van der Waals surface area contributed by atoms with Crippen molar-refractivity contribution in [3.8, 4) is 0 Å². The van der Waals surface area contributed by atoms with Gasteiger partial charge < -0.3 is 65.1 Å². The number of carbonyl (C=O) groups excluding carboxylic acids is 1. The zero-order chi connectivity index (χ0) is 59.5. The van der Waals surface area contributed by atoms with Crippen LogP contribution in [0, 0.1) is 0 Å². The highest BCUT2D eigenvalue weighted by atomic mass is 16.7. The van der Waals surface area contributed by atoms with Crippen LogP contribution in [0.5, 0.6) is 0 Å². The lowest BCUT2D eigenvalue weighted by Crippen LogP contribution is -2.65. The minimum atomic E-state index is -1.78. The molecule has 0 bridgehead atoms. The summed E-state index contributed by atoms with van der Waals surface area (Å²) < 4.78 is 22.7. The molecule has 0 aromatic heterocycles. The lowest BCUT2D eigenvalue weighted by molar-refractivity contribution is -0.359. The molecule has 0 spiro atoms. The summed E-state index contributed by atoms with van der Waals surface area (Å²) in [5.41, 5.74) is 0. The first-order valence-electron chi connectivity index (χ1n) is 32.8. The van der Waals surface area contributed by atoms with E-state index in [4.69, 9.17) is 18.9 Å². The summed E-state index contributed by atoms with van der Waals surface area (Å²) in [4.78, 5) is 13.2. The average molecular weight is 1160 g/mol.